The van der Waals surface area contributed by atoms with Crippen LogP contribution in [0.15, 0.2) is 90.1 Å². The van der Waals surface area contributed by atoms with Gasteiger partial charge in [0.15, 0.2) is 0 Å². The Kier molecular flexibility index (Phi) is 6.36. The Labute approximate surface area is 205 Å². The number of nitrogens with one attached hydrogen (secondary N) is 1. The van der Waals surface area contributed by atoms with E-state index in [1.54, 1.807) is 0 Å². The molecule has 0 radical (unpaired) electrons. The zero-order chi connectivity index (χ0) is 24.3. The van der Waals surface area contributed by atoms with Crippen LogP contribution >= 0.6 is 0 Å². The Morgan fingerprint density at radius 1 is 0.971 bits per heavy atom. The van der Waals surface area contributed by atoms with E-state index in [0.29, 0.717) is 44.4 Å². The van der Waals surface area contributed by atoms with Gasteiger partial charge in [0, 0.05) is 12.1 Å². The minimum absolute atomic E-state index is 0.0586. The fraction of sp³-hybridized carbons (Fsp3) is 0.276. The molecule has 2 amide bonds. The number of aryl methyl sites for hydroxylation is 1. The Morgan fingerprint density at radius 2 is 1.63 bits per heavy atom. The van der Waals surface area contributed by atoms with Crippen LogP contribution in [-0.2, 0) is 28.0 Å². The zero-order valence-corrected chi connectivity index (χ0v) is 19.6. The number of amides is 2. The van der Waals surface area contributed by atoms with Crippen LogP contribution in [0.3, 0.4) is 0 Å². The number of carbonyl (C=O) groups is 2. The lowest BCUT2D eigenvalue weighted by Gasteiger charge is -2.41. The molecule has 0 aromatic heterocycles. The molecule has 1 aliphatic carbocycles. The van der Waals surface area contributed by atoms with Crippen molar-refractivity contribution in [2.45, 2.75) is 50.1 Å². The third kappa shape index (κ3) is 4.20. The molecule has 0 unspecified atom stereocenters. The lowest BCUT2D eigenvalue weighted by molar-refractivity contribution is -0.126. The molecule has 6 heteroatoms. The molecular weight excluding hydrogens is 438 g/mol. The summed E-state index contributed by atoms with van der Waals surface area (Å²) in [5.41, 5.74) is 3.30. The number of oxime groups is 1. The first-order valence-corrected chi connectivity index (χ1v) is 12.1. The second-order valence-electron chi connectivity index (χ2n) is 9.30. The van der Waals surface area contributed by atoms with E-state index in [1.807, 2.05) is 89.8 Å². The lowest BCUT2D eigenvalue weighted by atomic mass is 9.65. The van der Waals surface area contributed by atoms with Crippen LogP contribution in [0.2, 0.25) is 0 Å². The van der Waals surface area contributed by atoms with Gasteiger partial charge in [0.1, 0.15) is 5.41 Å². The first-order valence-electron chi connectivity index (χ1n) is 12.1. The highest BCUT2D eigenvalue weighted by Gasteiger charge is 2.58. The van der Waals surface area contributed by atoms with Crippen molar-refractivity contribution in [2.75, 3.05) is 4.90 Å². The molecule has 35 heavy (non-hydrogen) atoms. The fourth-order valence-electron chi connectivity index (χ4n) is 5.57. The zero-order valence-electron chi connectivity index (χ0n) is 19.6. The largest absolute Gasteiger partial charge is 0.411 e. The van der Waals surface area contributed by atoms with Crippen LogP contribution in [0.1, 0.15) is 42.4 Å². The van der Waals surface area contributed by atoms with Gasteiger partial charge in [-0.1, -0.05) is 84.0 Å². The number of benzene rings is 3. The summed E-state index contributed by atoms with van der Waals surface area (Å²) in [6.07, 6.45) is 2.71. The van der Waals surface area contributed by atoms with Crippen molar-refractivity contribution >= 4 is 23.2 Å². The molecule has 5 rings (SSSR count). The monoisotopic (exact) mass is 467 g/mol. The first kappa shape index (κ1) is 22.8. The molecular formula is C29H29N3O3. The van der Waals surface area contributed by atoms with Crippen LogP contribution in [0.25, 0.3) is 0 Å². The fourth-order valence-corrected chi connectivity index (χ4v) is 5.57. The van der Waals surface area contributed by atoms with E-state index >= 15 is 0 Å². The minimum atomic E-state index is -0.992. The minimum Gasteiger partial charge on any atom is -0.411 e. The summed E-state index contributed by atoms with van der Waals surface area (Å²) >= 11 is 0. The Balaban J connectivity index is 1.47. The number of rotatable bonds is 6. The van der Waals surface area contributed by atoms with Gasteiger partial charge >= 0.3 is 0 Å². The van der Waals surface area contributed by atoms with Gasteiger partial charge in [-0.3, -0.25) is 9.59 Å². The van der Waals surface area contributed by atoms with E-state index in [9.17, 15) is 14.8 Å². The highest BCUT2D eigenvalue weighted by atomic mass is 16.4. The highest BCUT2D eigenvalue weighted by Crippen LogP contribution is 2.50. The molecule has 0 bridgehead atoms. The van der Waals surface area contributed by atoms with Crippen molar-refractivity contribution in [1.82, 2.24) is 5.32 Å². The molecule has 1 heterocycles. The van der Waals surface area contributed by atoms with Crippen LogP contribution in [0, 0.1) is 0 Å². The number of fused-ring (bicyclic) bond motifs is 2. The van der Waals surface area contributed by atoms with Crippen LogP contribution < -0.4 is 10.2 Å². The molecule has 2 N–H and O–H groups in total. The maximum atomic E-state index is 14.2. The van der Waals surface area contributed by atoms with E-state index < -0.39 is 11.5 Å². The molecule has 3 aromatic carbocycles. The van der Waals surface area contributed by atoms with Crippen molar-refractivity contribution < 1.29 is 14.8 Å². The summed E-state index contributed by atoms with van der Waals surface area (Å²) < 4.78 is 0. The van der Waals surface area contributed by atoms with Crippen LogP contribution in [0.5, 0.6) is 0 Å². The van der Waals surface area contributed by atoms with Gasteiger partial charge in [-0.2, -0.15) is 0 Å². The second-order valence-corrected chi connectivity index (χ2v) is 9.30. The third-order valence-electron chi connectivity index (χ3n) is 7.23. The molecule has 6 nitrogen and oxygen atoms in total. The molecule has 3 aromatic rings. The smallest absolute Gasteiger partial charge is 0.240 e. The van der Waals surface area contributed by atoms with E-state index in [-0.39, 0.29) is 11.8 Å². The number of carbonyl (C=O) groups excluding carboxylic acids is 2. The Morgan fingerprint density at radius 3 is 2.34 bits per heavy atom. The summed E-state index contributed by atoms with van der Waals surface area (Å²) in [4.78, 5) is 29.1. The molecule has 178 valence electrons. The van der Waals surface area contributed by atoms with Gasteiger partial charge in [-0.25, -0.2) is 0 Å². The number of para-hydroxylation sites is 1. The maximum absolute atomic E-state index is 14.2. The lowest BCUT2D eigenvalue weighted by Crippen LogP contribution is -2.61. The predicted molar refractivity (Wildman–Crippen MR) is 136 cm³/mol. The topological polar surface area (TPSA) is 82.0 Å². The quantitative estimate of drug-likeness (QED) is 0.411. The van der Waals surface area contributed by atoms with Crippen molar-refractivity contribution in [3.8, 4) is 0 Å². The van der Waals surface area contributed by atoms with E-state index in [1.165, 1.54) is 0 Å². The van der Waals surface area contributed by atoms with E-state index in [2.05, 4.69) is 10.5 Å². The summed E-state index contributed by atoms with van der Waals surface area (Å²) in [5.74, 6) is -0.218. The SMILES string of the molecule is O=C(CCc1ccccc1)N[C@H]1/C(=N/O)CCC[C@]12C(=O)N(Cc1ccccc1)c1ccccc12. The molecule has 0 saturated heterocycles. The number of hydrogen-bond donors (Lipinski definition) is 2. The summed E-state index contributed by atoms with van der Waals surface area (Å²) in [5, 5.41) is 16.5. The summed E-state index contributed by atoms with van der Waals surface area (Å²) in [6, 6.07) is 26.8. The maximum Gasteiger partial charge on any atom is 0.240 e. The molecule has 1 saturated carbocycles. The van der Waals surface area contributed by atoms with Crippen LogP contribution in [-0.4, -0.2) is 28.8 Å². The van der Waals surface area contributed by atoms with Gasteiger partial charge in [0.25, 0.3) is 0 Å². The summed E-state index contributed by atoms with van der Waals surface area (Å²) in [7, 11) is 0. The van der Waals surface area contributed by atoms with Gasteiger partial charge < -0.3 is 15.4 Å². The van der Waals surface area contributed by atoms with Crippen molar-refractivity contribution in [3.63, 3.8) is 0 Å². The highest BCUT2D eigenvalue weighted by molar-refractivity contribution is 6.13. The average molecular weight is 468 g/mol. The number of hydrogen-bond acceptors (Lipinski definition) is 4. The summed E-state index contributed by atoms with van der Waals surface area (Å²) in [6.45, 7) is 0.443. The Bertz CT molecular complexity index is 1240. The number of anilines is 1. The number of nitrogens with zero attached hydrogens (tertiary/aromatic N) is 2. The van der Waals surface area contributed by atoms with E-state index in [4.69, 9.17) is 0 Å². The standard InChI is InChI=1S/C29H29N3O3/c33-26(18-17-21-10-3-1-4-11-21)30-27-24(31-35)15-9-19-29(27)23-14-7-8-16-25(23)32(28(29)34)20-22-12-5-2-6-13-22/h1-8,10-14,16,27,35H,9,15,17-20H2,(H,30,33)/b31-24+/t27-,29+/m0/s1. The van der Waals surface area contributed by atoms with Gasteiger partial charge in [0.05, 0.1) is 18.3 Å². The second kappa shape index (κ2) is 9.74. The van der Waals surface area contributed by atoms with Crippen molar-refractivity contribution in [1.29, 1.82) is 0 Å². The normalized spacial score (nSPS) is 22.4. The third-order valence-corrected chi connectivity index (χ3v) is 7.23. The van der Waals surface area contributed by atoms with Gasteiger partial charge in [-0.05, 0) is 48.4 Å². The molecule has 1 fully saturated rings. The van der Waals surface area contributed by atoms with Gasteiger partial charge in [-0.15, -0.1) is 0 Å². The van der Waals surface area contributed by atoms with Crippen molar-refractivity contribution in [2.24, 2.45) is 5.16 Å². The van der Waals surface area contributed by atoms with E-state index in [0.717, 1.165) is 22.4 Å². The Hall–Kier alpha value is -3.93. The molecule has 2 aliphatic rings. The molecule has 2 atom stereocenters. The predicted octanol–water partition coefficient (Wildman–Crippen LogP) is 4.60. The molecule has 1 spiro atoms. The van der Waals surface area contributed by atoms with Gasteiger partial charge in [0.2, 0.25) is 11.8 Å². The molecule has 1 aliphatic heterocycles. The van der Waals surface area contributed by atoms with Crippen LogP contribution in [0.4, 0.5) is 5.69 Å². The average Bonchev–Trinajstić information content (AvgIpc) is 3.13. The first-order chi connectivity index (χ1) is 17.1. The van der Waals surface area contributed by atoms with Crippen molar-refractivity contribution in [3.05, 3.63) is 102 Å².